The number of likely N-dealkylation sites (N-methyl/N-ethyl adjacent to an activating group) is 1. The van der Waals surface area contributed by atoms with E-state index in [2.05, 4.69) is 5.32 Å². The Morgan fingerprint density at radius 3 is 2.27 bits per heavy atom. The van der Waals surface area contributed by atoms with Crippen molar-refractivity contribution in [2.75, 3.05) is 41.4 Å². The summed E-state index contributed by atoms with van der Waals surface area (Å²) in [5, 5.41) is 2.80. The molecule has 0 fully saturated rings. The van der Waals surface area contributed by atoms with E-state index in [9.17, 15) is 9.59 Å². The molecule has 0 aliphatic heterocycles. The van der Waals surface area contributed by atoms with Gasteiger partial charge in [0.2, 0.25) is 5.91 Å². The zero-order chi connectivity index (χ0) is 21.9. The molecule has 0 atom stereocenters. The van der Waals surface area contributed by atoms with E-state index in [0.717, 1.165) is 11.1 Å². The number of carbonyl (C=O) groups excluding carboxylic acids is 2. The van der Waals surface area contributed by atoms with Gasteiger partial charge in [0.25, 0.3) is 0 Å². The Balaban J connectivity index is 1.72. The van der Waals surface area contributed by atoms with Crippen LogP contribution in [0.4, 0.5) is 4.79 Å². The maximum atomic E-state index is 12.3. The molecule has 0 aliphatic rings. The Morgan fingerprint density at radius 2 is 1.60 bits per heavy atom. The molecule has 0 unspecified atom stereocenters. The first-order valence-electron chi connectivity index (χ1n) is 9.92. The highest BCUT2D eigenvalue weighted by Crippen LogP contribution is 2.27. The van der Waals surface area contributed by atoms with Crippen LogP contribution in [0.15, 0.2) is 48.5 Å². The van der Waals surface area contributed by atoms with Crippen LogP contribution in [0, 0.1) is 0 Å². The number of hydrogen-bond acceptors (Lipinski definition) is 4. The number of nitrogens with one attached hydrogen (secondary N) is 1. The second-order valence-electron chi connectivity index (χ2n) is 7.08. The van der Waals surface area contributed by atoms with Crippen LogP contribution in [0.2, 0.25) is 0 Å². The standard InChI is InChI=1S/C23H31N3O4/c1-25(15-13-18-10-11-20(29-3)21(16-18)30-4)22(27)12-14-24-23(28)26(2)17-19-8-6-5-7-9-19/h5-11,16H,12-15,17H2,1-4H3,(H,24,28). The minimum atomic E-state index is -0.195. The van der Waals surface area contributed by atoms with Crippen LogP contribution >= 0.6 is 0 Å². The summed E-state index contributed by atoms with van der Waals surface area (Å²) in [6.45, 7) is 1.40. The Labute approximate surface area is 178 Å². The van der Waals surface area contributed by atoms with Gasteiger partial charge in [-0.1, -0.05) is 36.4 Å². The van der Waals surface area contributed by atoms with Crippen molar-refractivity contribution in [3.05, 3.63) is 59.7 Å². The van der Waals surface area contributed by atoms with Gasteiger partial charge in [0.1, 0.15) is 0 Å². The van der Waals surface area contributed by atoms with E-state index in [1.165, 1.54) is 0 Å². The molecule has 3 amide bonds. The fourth-order valence-corrected chi connectivity index (χ4v) is 2.99. The van der Waals surface area contributed by atoms with Crippen LogP contribution in [0.1, 0.15) is 17.5 Å². The summed E-state index contributed by atoms with van der Waals surface area (Å²) in [7, 11) is 6.71. The molecule has 0 bridgehead atoms. The van der Waals surface area contributed by atoms with Crippen LogP contribution in [0.25, 0.3) is 0 Å². The number of urea groups is 1. The molecule has 0 saturated heterocycles. The van der Waals surface area contributed by atoms with Gasteiger partial charge < -0.3 is 24.6 Å². The summed E-state index contributed by atoms with van der Waals surface area (Å²) in [5.74, 6) is 1.34. The lowest BCUT2D eigenvalue weighted by molar-refractivity contribution is -0.129. The quantitative estimate of drug-likeness (QED) is 0.650. The highest BCUT2D eigenvalue weighted by Gasteiger charge is 2.12. The molecule has 1 N–H and O–H groups in total. The molecular formula is C23H31N3O4. The fourth-order valence-electron chi connectivity index (χ4n) is 2.99. The molecule has 0 aromatic heterocycles. The summed E-state index contributed by atoms with van der Waals surface area (Å²) < 4.78 is 10.6. The van der Waals surface area contributed by atoms with E-state index in [0.29, 0.717) is 37.6 Å². The van der Waals surface area contributed by atoms with E-state index in [4.69, 9.17) is 9.47 Å². The first kappa shape index (κ1) is 23.1. The third-order valence-corrected chi connectivity index (χ3v) is 4.83. The predicted molar refractivity (Wildman–Crippen MR) is 117 cm³/mol. The second kappa shape index (κ2) is 11.7. The van der Waals surface area contributed by atoms with E-state index < -0.39 is 0 Å². The van der Waals surface area contributed by atoms with Gasteiger partial charge in [-0.3, -0.25) is 4.79 Å². The van der Waals surface area contributed by atoms with Gasteiger partial charge >= 0.3 is 6.03 Å². The molecule has 2 aromatic rings. The SMILES string of the molecule is COc1ccc(CCN(C)C(=O)CCNC(=O)N(C)Cc2ccccc2)cc1OC. The molecule has 0 radical (unpaired) electrons. The van der Waals surface area contributed by atoms with Crippen molar-refractivity contribution in [3.63, 3.8) is 0 Å². The average molecular weight is 414 g/mol. The molecule has 7 heteroatoms. The van der Waals surface area contributed by atoms with Gasteiger partial charge in [0, 0.05) is 40.2 Å². The van der Waals surface area contributed by atoms with E-state index >= 15 is 0 Å². The normalized spacial score (nSPS) is 10.3. The Morgan fingerprint density at radius 1 is 0.900 bits per heavy atom. The number of benzene rings is 2. The molecule has 0 aliphatic carbocycles. The number of ether oxygens (including phenoxy) is 2. The van der Waals surface area contributed by atoms with Crippen molar-refractivity contribution in [2.24, 2.45) is 0 Å². The minimum absolute atomic E-state index is 0.0125. The number of amides is 3. The zero-order valence-electron chi connectivity index (χ0n) is 18.2. The average Bonchev–Trinajstić information content (AvgIpc) is 2.77. The maximum absolute atomic E-state index is 12.3. The molecule has 0 heterocycles. The summed E-state index contributed by atoms with van der Waals surface area (Å²) >= 11 is 0. The molecular weight excluding hydrogens is 382 g/mol. The number of methoxy groups -OCH3 is 2. The van der Waals surface area contributed by atoms with Crippen LogP contribution in [-0.4, -0.2) is 63.1 Å². The van der Waals surface area contributed by atoms with Gasteiger partial charge in [0.15, 0.2) is 11.5 Å². The van der Waals surface area contributed by atoms with Crippen LogP contribution in [-0.2, 0) is 17.8 Å². The number of hydrogen-bond donors (Lipinski definition) is 1. The van der Waals surface area contributed by atoms with Crippen molar-refractivity contribution < 1.29 is 19.1 Å². The molecule has 162 valence electrons. The lowest BCUT2D eigenvalue weighted by atomic mass is 10.1. The summed E-state index contributed by atoms with van der Waals surface area (Å²) in [4.78, 5) is 27.8. The lowest BCUT2D eigenvalue weighted by Crippen LogP contribution is -2.39. The van der Waals surface area contributed by atoms with Crippen LogP contribution < -0.4 is 14.8 Å². The number of rotatable bonds is 10. The van der Waals surface area contributed by atoms with Crippen LogP contribution in [0.3, 0.4) is 0 Å². The van der Waals surface area contributed by atoms with Gasteiger partial charge in [0.05, 0.1) is 14.2 Å². The van der Waals surface area contributed by atoms with E-state index in [1.807, 2.05) is 48.5 Å². The molecule has 2 aromatic carbocycles. The smallest absolute Gasteiger partial charge is 0.317 e. The topological polar surface area (TPSA) is 71.1 Å². The highest BCUT2D eigenvalue weighted by molar-refractivity contribution is 5.78. The highest BCUT2D eigenvalue weighted by atomic mass is 16.5. The molecule has 2 rings (SSSR count). The predicted octanol–water partition coefficient (Wildman–Crippen LogP) is 2.94. The third kappa shape index (κ3) is 6.99. The van der Waals surface area contributed by atoms with Crippen molar-refractivity contribution >= 4 is 11.9 Å². The van der Waals surface area contributed by atoms with Crippen molar-refractivity contribution in [2.45, 2.75) is 19.4 Å². The molecule has 30 heavy (non-hydrogen) atoms. The Kier molecular flexibility index (Phi) is 9.00. The van der Waals surface area contributed by atoms with Crippen molar-refractivity contribution in [3.8, 4) is 11.5 Å². The largest absolute Gasteiger partial charge is 0.493 e. The summed E-state index contributed by atoms with van der Waals surface area (Å²) in [6, 6.07) is 15.3. The minimum Gasteiger partial charge on any atom is -0.493 e. The first-order chi connectivity index (χ1) is 14.4. The summed E-state index contributed by atoms with van der Waals surface area (Å²) in [6.07, 6.45) is 0.960. The second-order valence-corrected chi connectivity index (χ2v) is 7.08. The molecule has 7 nitrogen and oxygen atoms in total. The lowest BCUT2D eigenvalue weighted by Gasteiger charge is -2.20. The van der Waals surface area contributed by atoms with Gasteiger partial charge in [-0.25, -0.2) is 4.79 Å². The maximum Gasteiger partial charge on any atom is 0.317 e. The van der Waals surface area contributed by atoms with Gasteiger partial charge in [-0.15, -0.1) is 0 Å². The van der Waals surface area contributed by atoms with Gasteiger partial charge in [-0.2, -0.15) is 0 Å². The number of carbonyl (C=O) groups is 2. The third-order valence-electron chi connectivity index (χ3n) is 4.83. The van der Waals surface area contributed by atoms with Crippen molar-refractivity contribution in [1.82, 2.24) is 15.1 Å². The summed E-state index contributed by atoms with van der Waals surface area (Å²) in [5.41, 5.74) is 2.12. The Hall–Kier alpha value is -3.22. The fraction of sp³-hybridized carbons (Fsp3) is 0.391. The van der Waals surface area contributed by atoms with Crippen LogP contribution in [0.5, 0.6) is 11.5 Å². The number of nitrogens with zero attached hydrogens (tertiary/aromatic N) is 2. The van der Waals surface area contributed by atoms with E-state index in [-0.39, 0.29) is 18.4 Å². The Bertz CT molecular complexity index is 826. The zero-order valence-corrected chi connectivity index (χ0v) is 18.2. The van der Waals surface area contributed by atoms with E-state index in [1.54, 1.807) is 38.1 Å². The first-order valence-corrected chi connectivity index (χ1v) is 9.92. The molecule has 0 spiro atoms. The monoisotopic (exact) mass is 413 g/mol. The van der Waals surface area contributed by atoms with Gasteiger partial charge in [-0.05, 0) is 29.7 Å². The van der Waals surface area contributed by atoms with Crippen molar-refractivity contribution in [1.29, 1.82) is 0 Å². The molecule has 0 saturated carbocycles.